The van der Waals surface area contributed by atoms with E-state index in [1.165, 1.54) is 11.3 Å². The summed E-state index contributed by atoms with van der Waals surface area (Å²) in [5, 5.41) is 8.63. The smallest absolute Gasteiger partial charge is 0.261 e. The summed E-state index contributed by atoms with van der Waals surface area (Å²) in [5.74, 6) is 0.956. The van der Waals surface area contributed by atoms with Crippen molar-refractivity contribution in [3.8, 4) is 0 Å². The molecule has 0 aliphatic carbocycles. The summed E-state index contributed by atoms with van der Waals surface area (Å²) in [7, 11) is 0. The largest absolute Gasteiger partial charge is 0.360 e. The minimum absolute atomic E-state index is 0.0660. The molecule has 140 valence electrons. The van der Waals surface area contributed by atoms with Crippen molar-refractivity contribution in [1.29, 1.82) is 0 Å². The van der Waals surface area contributed by atoms with Crippen molar-refractivity contribution >= 4 is 23.2 Å². The molecule has 0 aromatic carbocycles. The van der Waals surface area contributed by atoms with Crippen LogP contribution in [0.1, 0.15) is 34.0 Å². The van der Waals surface area contributed by atoms with Gasteiger partial charge in [0.1, 0.15) is 0 Å². The van der Waals surface area contributed by atoms with Crippen LogP contribution >= 0.6 is 11.3 Å². The third-order valence-corrected chi connectivity index (χ3v) is 5.25. The monoisotopic (exact) mass is 376 g/mol. The van der Waals surface area contributed by atoms with Gasteiger partial charge in [-0.05, 0) is 24.8 Å². The Hall–Kier alpha value is -2.19. The fraction of sp³-hybridized carbons (Fsp3) is 0.500. The summed E-state index contributed by atoms with van der Waals surface area (Å²) in [6.07, 6.45) is 1.12. The molecule has 1 aliphatic heterocycles. The van der Waals surface area contributed by atoms with Crippen LogP contribution in [-0.4, -0.2) is 59.5 Å². The van der Waals surface area contributed by atoms with Crippen LogP contribution in [0.3, 0.4) is 0 Å². The highest BCUT2D eigenvalue weighted by Gasteiger charge is 2.21. The maximum absolute atomic E-state index is 12.3. The topological polar surface area (TPSA) is 78.7 Å². The average Bonchev–Trinajstić information content (AvgIpc) is 3.31. The van der Waals surface area contributed by atoms with Gasteiger partial charge in [-0.25, -0.2) is 0 Å². The van der Waals surface area contributed by atoms with Gasteiger partial charge >= 0.3 is 0 Å². The molecule has 1 aliphatic rings. The van der Waals surface area contributed by atoms with Crippen molar-refractivity contribution in [1.82, 2.24) is 20.3 Å². The number of rotatable bonds is 7. The van der Waals surface area contributed by atoms with Crippen molar-refractivity contribution in [3.05, 3.63) is 39.9 Å². The van der Waals surface area contributed by atoms with Gasteiger partial charge in [-0.2, -0.15) is 0 Å². The van der Waals surface area contributed by atoms with Crippen LogP contribution in [0.2, 0.25) is 0 Å². The van der Waals surface area contributed by atoms with Gasteiger partial charge in [-0.1, -0.05) is 11.2 Å². The summed E-state index contributed by atoms with van der Waals surface area (Å²) < 4.78 is 5.25. The molecule has 7 nitrogen and oxygen atoms in total. The molecule has 8 heteroatoms. The number of hydrogen-bond acceptors (Lipinski definition) is 6. The quantitative estimate of drug-likeness (QED) is 0.747. The number of carbonyl (C=O) groups is 2. The maximum atomic E-state index is 12.3. The molecule has 26 heavy (non-hydrogen) atoms. The van der Waals surface area contributed by atoms with Crippen molar-refractivity contribution < 1.29 is 14.1 Å². The van der Waals surface area contributed by atoms with Crippen molar-refractivity contribution in [3.63, 3.8) is 0 Å². The predicted molar refractivity (Wildman–Crippen MR) is 99.0 cm³/mol. The Morgan fingerprint density at radius 2 is 2.12 bits per heavy atom. The Bertz CT molecular complexity index is 721. The number of hydrogen-bond donors (Lipinski definition) is 1. The maximum Gasteiger partial charge on any atom is 0.261 e. The molecule has 2 aromatic heterocycles. The zero-order valence-corrected chi connectivity index (χ0v) is 15.8. The van der Waals surface area contributed by atoms with Crippen LogP contribution in [0.5, 0.6) is 0 Å². The molecule has 2 aromatic rings. The van der Waals surface area contributed by atoms with Crippen LogP contribution in [0.15, 0.2) is 28.1 Å². The Morgan fingerprint density at radius 1 is 1.31 bits per heavy atom. The molecular formula is C18H24N4O3S. The second kappa shape index (κ2) is 8.95. The lowest BCUT2D eigenvalue weighted by Crippen LogP contribution is -2.48. The third kappa shape index (κ3) is 5.15. The molecule has 2 amide bonds. The Labute approximate surface area is 156 Å². The molecule has 0 bridgehead atoms. The minimum atomic E-state index is -0.0660. The van der Waals surface area contributed by atoms with Gasteiger partial charge in [0.2, 0.25) is 5.91 Å². The molecule has 0 radical (unpaired) electrons. The Kier molecular flexibility index (Phi) is 6.40. The van der Waals surface area contributed by atoms with Crippen LogP contribution in [0.25, 0.3) is 0 Å². The van der Waals surface area contributed by atoms with Gasteiger partial charge in [-0.3, -0.25) is 14.5 Å². The van der Waals surface area contributed by atoms with E-state index in [1.54, 1.807) is 6.07 Å². The van der Waals surface area contributed by atoms with E-state index in [2.05, 4.69) is 15.4 Å². The van der Waals surface area contributed by atoms with Gasteiger partial charge in [0.15, 0.2) is 5.76 Å². The van der Waals surface area contributed by atoms with Crippen LogP contribution < -0.4 is 5.32 Å². The SMILES string of the molecule is Cc1cc(CN2CCN(C(=O)CCCNC(=O)c3cccs3)CC2)on1. The van der Waals surface area contributed by atoms with E-state index in [1.807, 2.05) is 29.3 Å². The Morgan fingerprint density at radius 3 is 2.77 bits per heavy atom. The fourth-order valence-corrected chi connectivity index (χ4v) is 3.60. The number of nitrogens with one attached hydrogen (secondary N) is 1. The highest BCUT2D eigenvalue weighted by atomic mass is 32.1. The Balaban J connectivity index is 1.31. The van der Waals surface area contributed by atoms with Gasteiger partial charge in [0.05, 0.1) is 17.1 Å². The number of thiophene rings is 1. The van der Waals surface area contributed by atoms with Gasteiger partial charge in [-0.15, -0.1) is 11.3 Å². The molecule has 1 saturated heterocycles. The number of amides is 2. The summed E-state index contributed by atoms with van der Waals surface area (Å²) in [6.45, 7) is 6.29. The van der Waals surface area contributed by atoms with Crippen LogP contribution in [-0.2, 0) is 11.3 Å². The lowest BCUT2D eigenvalue weighted by molar-refractivity contribution is -0.133. The fourth-order valence-electron chi connectivity index (χ4n) is 2.96. The average molecular weight is 376 g/mol. The summed E-state index contributed by atoms with van der Waals surface area (Å²) in [6, 6.07) is 5.60. The molecular weight excluding hydrogens is 352 g/mol. The molecule has 0 spiro atoms. The molecule has 1 fully saturated rings. The van der Waals surface area contributed by atoms with E-state index in [0.29, 0.717) is 24.3 Å². The number of carbonyl (C=O) groups excluding carboxylic acids is 2. The van der Waals surface area contributed by atoms with E-state index in [0.717, 1.165) is 44.2 Å². The third-order valence-electron chi connectivity index (χ3n) is 4.38. The number of aryl methyl sites for hydroxylation is 1. The first-order valence-electron chi connectivity index (χ1n) is 8.86. The van der Waals surface area contributed by atoms with E-state index in [9.17, 15) is 9.59 Å². The normalized spacial score (nSPS) is 15.2. The van der Waals surface area contributed by atoms with E-state index < -0.39 is 0 Å². The van der Waals surface area contributed by atoms with E-state index in [-0.39, 0.29) is 11.8 Å². The van der Waals surface area contributed by atoms with E-state index in [4.69, 9.17) is 4.52 Å². The lowest BCUT2D eigenvalue weighted by atomic mass is 10.2. The van der Waals surface area contributed by atoms with Crippen LogP contribution in [0.4, 0.5) is 0 Å². The molecule has 3 rings (SSSR count). The standard InChI is InChI=1S/C18H24N4O3S/c1-14-12-15(25-20-14)13-21-7-9-22(10-8-21)17(23)5-2-6-19-18(24)16-4-3-11-26-16/h3-4,11-12H,2,5-10,13H2,1H3,(H,19,24). The van der Waals surface area contributed by atoms with Gasteiger partial charge < -0.3 is 14.7 Å². The molecule has 0 saturated carbocycles. The second-order valence-corrected chi connectivity index (χ2v) is 7.38. The first-order valence-corrected chi connectivity index (χ1v) is 9.74. The number of nitrogens with zero attached hydrogens (tertiary/aromatic N) is 3. The van der Waals surface area contributed by atoms with Gasteiger partial charge in [0.25, 0.3) is 5.91 Å². The molecule has 0 unspecified atom stereocenters. The van der Waals surface area contributed by atoms with Crippen molar-refractivity contribution in [2.75, 3.05) is 32.7 Å². The lowest BCUT2D eigenvalue weighted by Gasteiger charge is -2.34. The summed E-state index contributed by atoms with van der Waals surface area (Å²) in [5.41, 5.74) is 0.889. The molecule has 0 atom stereocenters. The minimum Gasteiger partial charge on any atom is -0.360 e. The first kappa shape index (κ1) is 18.6. The second-order valence-electron chi connectivity index (χ2n) is 6.43. The zero-order chi connectivity index (χ0) is 18.4. The summed E-state index contributed by atoms with van der Waals surface area (Å²) in [4.78, 5) is 29.0. The number of piperazine rings is 1. The van der Waals surface area contributed by atoms with Crippen molar-refractivity contribution in [2.24, 2.45) is 0 Å². The summed E-state index contributed by atoms with van der Waals surface area (Å²) >= 11 is 1.42. The van der Waals surface area contributed by atoms with E-state index >= 15 is 0 Å². The first-order chi connectivity index (χ1) is 12.6. The number of aromatic nitrogens is 1. The molecule has 1 N–H and O–H groups in total. The molecule has 3 heterocycles. The van der Waals surface area contributed by atoms with Crippen molar-refractivity contribution in [2.45, 2.75) is 26.3 Å². The zero-order valence-electron chi connectivity index (χ0n) is 14.9. The predicted octanol–water partition coefficient (Wildman–Crippen LogP) is 1.90. The highest BCUT2D eigenvalue weighted by molar-refractivity contribution is 7.12. The van der Waals surface area contributed by atoms with Gasteiger partial charge in [0, 0.05) is 45.2 Å². The highest BCUT2D eigenvalue weighted by Crippen LogP contribution is 2.11. The van der Waals surface area contributed by atoms with Crippen LogP contribution in [0, 0.1) is 6.92 Å².